The molecule has 0 bridgehead atoms. The lowest BCUT2D eigenvalue weighted by Crippen LogP contribution is -2.72. The molecule has 0 saturated carbocycles. The lowest BCUT2D eigenvalue weighted by Gasteiger charge is -2.50. The van der Waals surface area contributed by atoms with E-state index in [1.807, 2.05) is 20.8 Å². The summed E-state index contributed by atoms with van der Waals surface area (Å²) in [5, 5.41) is 30.8. The topological polar surface area (TPSA) is 112 Å². The standard InChI is InChI=1S/C35H65NO6/c1-5-9-10-11-12-13-14-15-16-17-18-19-20-21-22-23-24-25-29-36(30(26-6-2)33(37)38,31(27-7-3)34(39)40)32(28-8-4)35(41)42/h20-21,30-32H,5-19,22-29H2,1-4H3,(H2-,37,38,39,40,41,42)/p+1/b21-20+. The lowest BCUT2D eigenvalue weighted by atomic mass is 9.91. The van der Waals surface area contributed by atoms with E-state index in [0.29, 0.717) is 25.7 Å². The summed E-state index contributed by atoms with van der Waals surface area (Å²) in [5.74, 6) is -3.27. The number of hydrogen-bond donors (Lipinski definition) is 3. The van der Waals surface area contributed by atoms with E-state index in [1.54, 1.807) is 0 Å². The minimum absolute atomic E-state index is 0.257. The quantitative estimate of drug-likeness (QED) is 0.0433. The molecule has 0 aromatic heterocycles. The van der Waals surface area contributed by atoms with Gasteiger partial charge in [-0.1, -0.05) is 104 Å². The van der Waals surface area contributed by atoms with Crippen LogP contribution in [-0.2, 0) is 14.4 Å². The van der Waals surface area contributed by atoms with Crippen molar-refractivity contribution in [3.05, 3.63) is 12.2 Å². The van der Waals surface area contributed by atoms with Gasteiger partial charge in [-0.25, -0.2) is 14.4 Å². The van der Waals surface area contributed by atoms with Gasteiger partial charge in [-0.15, -0.1) is 0 Å². The van der Waals surface area contributed by atoms with Gasteiger partial charge < -0.3 is 15.3 Å². The summed E-state index contributed by atoms with van der Waals surface area (Å²) in [7, 11) is 0. The molecule has 0 aromatic carbocycles. The van der Waals surface area contributed by atoms with E-state index in [9.17, 15) is 29.7 Å². The van der Waals surface area contributed by atoms with Crippen LogP contribution in [0.2, 0.25) is 0 Å². The van der Waals surface area contributed by atoms with Crippen LogP contribution in [0.4, 0.5) is 0 Å². The smallest absolute Gasteiger partial charge is 0.362 e. The molecule has 246 valence electrons. The zero-order valence-electron chi connectivity index (χ0n) is 27.7. The first kappa shape index (κ1) is 40.1. The number of quaternary nitrogens is 1. The monoisotopic (exact) mass is 596 g/mol. The molecular weight excluding hydrogens is 530 g/mol. The molecule has 0 aliphatic carbocycles. The van der Waals surface area contributed by atoms with Crippen molar-refractivity contribution < 1.29 is 34.2 Å². The van der Waals surface area contributed by atoms with Crippen molar-refractivity contribution in [3.63, 3.8) is 0 Å². The molecule has 3 unspecified atom stereocenters. The number of aliphatic carboxylic acids is 3. The summed E-state index contributed by atoms with van der Waals surface area (Å²) in [6, 6.07) is -3.16. The van der Waals surface area contributed by atoms with Crippen molar-refractivity contribution in [1.29, 1.82) is 0 Å². The van der Waals surface area contributed by atoms with Crippen molar-refractivity contribution in [1.82, 2.24) is 0 Å². The van der Waals surface area contributed by atoms with Crippen LogP contribution in [0.5, 0.6) is 0 Å². The summed E-state index contributed by atoms with van der Waals surface area (Å²) in [6.45, 7) is 8.14. The van der Waals surface area contributed by atoms with E-state index in [2.05, 4.69) is 19.1 Å². The van der Waals surface area contributed by atoms with Crippen molar-refractivity contribution in [2.24, 2.45) is 0 Å². The summed E-state index contributed by atoms with van der Waals surface area (Å²) in [5.41, 5.74) is 0. The van der Waals surface area contributed by atoms with Crippen LogP contribution in [-0.4, -0.2) is 62.4 Å². The zero-order chi connectivity index (χ0) is 31.6. The van der Waals surface area contributed by atoms with Gasteiger partial charge in [0.2, 0.25) is 0 Å². The average molecular weight is 597 g/mol. The van der Waals surface area contributed by atoms with E-state index in [-0.39, 0.29) is 30.3 Å². The zero-order valence-corrected chi connectivity index (χ0v) is 27.7. The minimum atomic E-state index is -1.09. The molecule has 42 heavy (non-hydrogen) atoms. The third-order valence-corrected chi connectivity index (χ3v) is 8.84. The Morgan fingerprint density at radius 3 is 1.10 bits per heavy atom. The van der Waals surface area contributed by atoms with Crippen LogP contribution in [0.1, 0.15) is 169 Å². The fourth-order valence-corrected chi connectivity index (χ4v) is 6.63. The van der Waals surface area contributed by atoms with Gasteiger partial charge in [0.05, 0.1) is 6.54 Å². The van der Waals surface area contributed by atoms with Gasteiger partial charge in [0, 0.05) is 19.3 Å². The molecule has 0 aromatic rings. The van der Waals surface area contributed by atoms with Gasteiger partial charge in [-0.05, 0) is 57.8 Å². The highest BCUT2D eigenvalue weighted by molar-refractivity contribution is 5.78. The first-order chi connectivity index (χ1) is 20.2. The first-order valence-electron chi connectivity index (χ1n) is 17.4. The summed E-state index contributed by atoms with van der Waals surface area (Å²) in [6.07, 6.45) is 26.1. The normalized spacial score (nSPS) is 15.3. The van der Waals surface area contributed by atoms with Gasteiger partial charge in [-0.2, -0.15) is 0 Å². The summed E-state index contributed by atoms with van der Waals surface area (Å²) >= 11 is 0. The highest BCUT2D eigenvalue weighted by Gasteiger charge is 2.56. The van der Waals surface area contributed by atoms with Crippen LogP contribution >= 0.6 is 0 Å². The average Bonchev–Trinajstić information content (AvgIpc) is 2.95. The second-order valence-electron chi connectivity index (χ2n) is 12.3. The maximum Gasteiger partial charge on any atom is 0.362 e. The van der Waals surface area contributed by atoms with E-state index in [0.717, 1.165) is 25.7 Å². The summed E-state index contributed by atoms with van der Waals surface area (Å²) < 4.78 is -0.385. The number of unbranched alkanes of at least 4 members (excludes halogenated alkanes) is 14. The Morgan fingerprint density at radius 2 is 0.786 bits per heavy atom. The molecule has 3 N–H and O–H groups in total. The Labute approximate surface area is 257 Å². The second-order valence-corrected chi connectivity index (χ2v) is 12.3. The largest absolute Gasteiger partial charge is 0.477 e. The number of carboxylic acids is 3. The fourth-order valence-electron chi connectivity index (χ4n) is 6.63. The summed E-state index contributed by atoms with van der Waals surface area (Å²) in [4.78, 5) is 37.7. The Hall–Kier alpha value is -1.89. The fraction of sp³-hybridized carbons (Fsp3) is 0.857. The predicted octanol–water partition coefficient (Wildman–Crippen LogP) is 9.38. The van der Waals surface area contributed by atoms with Crippen molar-refractivity contribution >= 4 is 17.9 Å². The Morgan fingerprint density at radius 1 is 0.476 bits per heavy atom. The van der Waals surface area contributed by atoms with Gasteiger partial charge in [0.15, 0.2) is 18.1 Å². The van der Waals surface area contributed by atoms with Gasteiger partial charge in [0.25, 0.3) is 0 Å². The molecule has 0 spiro atoms. The molecule has 3 atom stereocenters. The third-order valence-electron chi connectivity index (χ3n) is 8.84. The van der Waals surface area contributed by atoms with Gasteiger partial charge >= 0.3 is 17.9 Å². The Kier molecular flexibility index (Phi) is 24.4. The van der Waals surface area contributed by atoms with Gasteiger partial charge in [-0.3, -0.25) is 4.48 Å². The minimum Gasteiger partial charge on any atom is -0.477 e. The molecule has 0 amide bonds. The molecule has 0 aliphatic heterocycles. The number of carbonyl (C=O) groups is 3. The molecule has 0 rings (SSSR count). The van der Waals surface area contributed by atoms with Crippen molar-refractivity contribution in [2.75, 3.05) is 6.54 Å². The molecule has 0 fully saturated rings. The molecule has 7 heteroatoms. The van der Waals surface area contributed by atoms with Crippen LogP contribution in [0.15, 0.2) is 12.2 Å². The number of nitrogens with zero attached hydrogens (tertiary/aromatic N) is 1. The second kappa shape index (κ2) is 25.6. The lowest BCUT2D eigenvalue weighted by molar-refractivity contribution is -0.973. The number of allylic oxidation sites excluding steroid dienone is 2. The number of carboxylic acid groups (broad SMARTS) is 3. The third kappa shape index (κ3) is 15.5. The van der Waals surface area contributed by atoms with Crippen LogP contribution in [0.25, 0.3) is 0 Å². The SMILES string of the molecule is CCCCCCCCCCCCC/C=C/CCCCC[N+](C(CCC)C(=O)O)(C(CCC)C(=O)O)C(CCC)C(=O)O. The first-order valence-corrected chi connectivity index (χ1v) is 17.4. The maximum absolute atomic E-state index is 12.6. The Bertz CT molecular complexity index is 677. The van der Waals surface area contributed by atoms with Crippen LogP contribution < -0.4 is 0 Å². The molecule has 0 aliphatic rings. The number of hydrogen-bond acceptors (Lipinski definition) is 3. The van der Waals surface area contributed by atoms with E-state index in [4.69, 9.17) is 0 Å². The van der Waals surface area contributed by atoms with E-state index < -0.39 is 36.0 Å². The Balaban J connectivity index is 4.97. The van der Waals surface area contributed by atoms with Crippen LogP contribution in [0.3, 0.4) is 0 Å². The predicted molar refractivity (Wildman–Crippen MR) is 173 cm³/mol. The molecule has 0 radical (unpaired) electrons. The van der Waals surface area contributed by atoms with Gasteiger partial charge in [0.1, 0.15) is 0 Å². The molecule has 0 saturated heterocycles. The maximum atomic E-state index is 12.6. The highest BCUT2D eigenvalue weighted by Crippen LogP contribution is 2.34. The van der Waals surface area contributed by atoms with E-state index >= 15 is 0 Å². The van der Waals surface area contributed by atoms with E-state index in [1.165, 1.54) is 70.6 Å². The number of rotatable bonds is 30. The molecule has 0 heterocycles. The van der Waals surface area contributed by atoms with Crippen molar-refractivity contribution in [2.45, 2.75) is 187 Å². The van der Waals surface area contributed by atoms with Crippen molar-refractivity contribution in [3.8, 4) is 0 Å². The molecular formula is C35H66NO6+. The highest BCUT2D eigenvalue weighted by atomic mass is 16.4. The van der Waals surface area contributed by atoms with Crippen LogP contribution in [0, 0.1) is 0 Å². The molecule has 7 nitrogen and oxygen atoms in total.